The summed E-state index contributed by atoms with van der Waals surface area (Å²) in [4.78, 5) is 0. The minimum absolute atomic E-state index is 0.398. The van der Waals surface area contributed by atoms with Crippen LogP contribution in [0.2, 0.25) is 10.1 Å². The molecular weight excluding hydrogens is 547 g/mol. The summed E-state index contributed by atoms with van der Waals surface area (Å²) in [5.41, 5.74) is 0. The summed E-state index contributed by atoms with van der Waals surface area (Å²) in [6, 6.07) is 39.6. The molecule has 0 heterocycles. The zero-order valence-corrected chi connectivity index (χ0v) is 27.0. The summed E-state index contributed by atoms with van der Waals surface area (Å²) >= 11 is 0. The van der Waals surface area contributed by atoms with E-state index in [1.165, 1.54) is 0 Å². The van der Waals surface area contributed by atoms with Crippen molar-refractivity contribution in [3.8, 4) is 0 Å². The first-order chi connectivity index (χ1) is 19.3. The largest absolute Gasteiger partial charge is 0.401 e. The lowest BCUT2D eigenvalue weighted by Gasteiger charge is -2.45. The average molecular weight is 589 g/mol. The summed E-state index contributed by atoms with van der Waals surface area (Å²) in [7, 11) is -6.25. The molecule has 0 saturated heterocycles. The molecule has 0 bridgehead atoms. The molecule has 0 aliphatic heterocycles. The predicted octanol–water partition coefficient (Wildman–Crippen LogP) is 6.77. The highest BCUT2D eigenvalue weighted by Gasteiger charge is 2.54. The Hall–Kier alpha value is -2.91. The van der Waals surface area contributed by atoms with Crippen molar-refractivity contribution in [1.29, 1.82) is 0 Å². The minimum atomic E-state index is -3.21. The van der Waals surface area contributed by atoms with Crippen LogP contribution in [0.5, 0.6) is 0 Å². The zero-order chi connectivity index (χ0) is 29.8. The summed E-state index contributed by atoms with van der Waals surface area (Å²) < 4.78 is 45.5. The fourth-order valence-corrected chi connectivity index (χ4v) is 15.2. The van der Waals surface area contributed by atoms with Crippen LogP contribution in [0.1, 0.15) is 41.5 Å². The lowest BCUT2D eigenvalue weighted by atomic mass is 10.2. The van der Waals surface area contributed by atoms with Crippen molar-refractivity contribution in [2.24, 2.45) is 0 Å². The molecule has 4 aromatic carbocycles. The van der Waals surface area contributed by atoms with Crippen LogP contribution in [0, 0.1) is 0 Å². The second-order valence-corrected chi connectivity index (χ2v) is 21.4. The average Bonchev–Trinajstić information content (AvgIpc) is 2.94. The first-order valence-corrected chi connectivity index (χ1v) is 18.0. The molecule has 4 aromatic rings. The van der Waals surface area contributed by atoms with E-state index in [1.807, 2.05) is 121 Å². The van der Waals surface area contributed by atoms with Gasteiger partial charge in [-0.15, -0.1) is 0 Å². The Morgan fingerprint density at radius 1 is 0.439 bits per heavy atom. The van der Waals surface area contributed by atoms with Gasteiger partial charge in [0.05, 0.1) is 0 Å². The predicted molar refractivity (Wildman–Crippen MR) is 172 cm³/mol. The molecule has 41 heavy (non-hydrogen) atoms. The van der Waals surface area contributed by atoms with Crippen LogP contribution in [-0.2, 0) is 8.85 Å². The quantitative estimate of drug-likeness (QED) is 0.190. The third kappa shape index (κ3) is 6.31. The Morgan fingerprint density at radius 3 is 0.854 bits per heavy atom. The van der Waals surface area contributed by atoms with Crippen molar-refractivity contribution in [1.82, 2.24) is 0 Å². The highest BCUT2D eigenvalue weighted by atomic mass is 28.4. The molecule has 0 aliphatic carbocycles. The Labute approximate surface area is 246 Å². The Bertz CT molecular complexity index is 1180. The van der Waals surface area contributed by atoms with Gasteiger partial charge in [0.1, 0.15) is 13.2 Å². The Kier molecular flexibility index (Phi) is 9.19. The van der Waals surface area contributed by atoms with Crippen LogP contribution >= 0.6 is 0 Å². The first-order valence-electron chi connectivity index (χ1n) is 14.2. The molecule has 0 spiro atoms. The monoisotopic (exact) mass is 588 g/mol. The molecule has 216 valence electrons. The van der Waals surface area contributed by atoms with Crippen molar-refractivity contribution in [3.63, 3.8) is 0 Å². The third-order valence-corrected chi connectivity index (χ3v) is 17.8. The SMILES string of the molecule is CC(C)(C)[Si](OCC(F)(F)CO[Si](c1ccccc1)(c1ccccc1)C(C)(C)C)(c1ccccc1)c1ccccc1. The van der Waals surface area contributed by atoms with Crippen molar-refractivity contribution in [3.05, 3.63) is 121 Å². The number of rotatable bonds is 10. The Balaban J connectivity index is 1.72. The molecule has 2 nitrogen and oxygen atoms in total. The molecule has 0 aliphatic rings. The van der Waals surface area contributed by atoms with E-state index in [0.717, 1.165) is 20.7 Å². The van der Waals surface area contributed by atoms with Gasteiger partial charge in [-0.2, -0.15) is 0 Å². The molecule has 0 N–H and O–H groups in total. The van der Waals surface area contributed by atoms with Crippen LogP contribution < -0.4 is 20.7 Å². The first kappa shape index (κ1) is 31.0. The molecular formula is C35H42F2O2Si2. The fourth-order valence-electron chi connectivity index (χ4n) is 5.99. The van der Waals surface area contributed by atoms with Gasteiger partial charge in [-0.25, -0.2) is 8.78 Å². The smallest absolute Gasteiger partial charge is 0.291 e. The summed E-state index contributed by atoms with van der Waals surface area (Å²) in [6.07, 6.45) is 0. The molecule has 0 unspecified atom stereocenters. The van der Waals surface area contributed by atoms with Crippen LogP contribution in [-0.4, -0.2) is 35.8 Å². The van der Waals surface area contributed by atoms with Crippen LogP contribution in [0.15, 0.2) is 121 Å². The van der Waals surface area contributed by atoms with E-state index in [9.17, 15) is 0 Å². The molecule has 0 saturated carbocycles. The third-order valence-electron chi connectivity index (χ3n) is 7.83. The highest BCUT2D eigenvalue weighted by molar-refractivity contribution is 7.00. The van der Waals surface area contributed by atoms with Gasteiger partial charge >= 0.3 is 0 Å². The minimum Gasteiger partial charge on any atom is -0.401 e. The maximum absolute atomic E-state index is 16.1. The van der Waals surface area contributed by atoms with Crippen LogP contribution in [0.4, 0.5) is 8.78 Å². The van der Waals surface area contributed by atoms with Gasteiger partial charge in [0.2, 0.25) is 0 Å². The number of hydrogen-bond donors (Lipinski definition) is 0. The number of benzene rings is 4. The molecule has 4 rings (SSSR count). The van der Waals surface area contributed by atoms with Crippen LogP contribution in [0.3, 0.4) is 0 Å². The van der Waals surface area contributed by atoms with Gasteiger partial charge in [-0.1, -0.05) is 163 Å². The molecule has 0 amide bonds. The number of hydrogen-bond acceptors (Lipinski definition) is 2. The van der Waals surface area contributed by atoms with Crippen molar-refractivity contribution < 1.29 is 17.6 Å². The number of halogens is 2. The second-order valence-electron chi connectivity index (χ2n) is 12.8. The lowest BCUT2D eigenvalue weighted by molar-refractivity contribution is -0.0776. The molecule has 6 heteroatoms. The summed E-state index contributed by atoms with van der Waals surface area (Å²) in [5, 5.41) is 3.10. The summed E-state index contributed by atoms with van der Waals surface area (Å²) in [6.45, 7) is 11.1. The maximum Gasteiger partial charge on any atom is 0.291 e. The van der Waals surface area contributed by atoms with Gasteiger partial charge < -0.3 is 8.85 Å². The van der Waals surface area contributed by atoms with Gasteiger partial charge in [0.15, 0.2) is 0 Å². The van der Waals surface area contributed by atoms with E-state index < -0.39 is 45.8 Å². The van der Waals surface area contributed by atoms with E-state index in [2.05, 4.69) is 41.5 Å². The fraction of sp³-hybridized carbons (Fsp3) is 0.314. The molecule has 0 aromatic heterocycles. The normalized spacial score (nSPS) is 13.3. The molecule has 0 fully saturated rings. The molecule has 0 atom stereocenters. The zero-order valence-electron chi connectivity index (χ0n) is 25.0. The van der Waals surface area contributed by atoms with E-state index in [4.69, 9.17) is 8.85 Å². The van der Waals surface area contributed by atoms with E-state index >= 15 is 8.78 Å². The van der Waals surface area contributed by atoms with E-state index in [1.54, 1.807) is 0 Å². The van der Waals surface area contributed by atoms with Gasteiger partial charge in [0, 0.05) is 0 Å². The highest BCUT2D eigenvalue weighted by Crippen LogP contribution is 2.39. The van der Waals surface area contributed by atoms with Crippen molar-refractivity contribution >= 4 is 37.4 Å². The van der Waals surface area contributed by atoms with E-state index in [-0.39, 0.29) is 0 Å². The Morgan fingerprint density at radius 2 is 0.659 bits per heavy atom. The second kappa shape index (κ2) is 12.1. The van der Waals surface area contributed by atoms with Crippen LogP contribution in [0.25, 0.3) is 0 Å². The maximum atomic E-state index is 16.1. The van der Waals surface area contributed by atoms with Crippen molar-refractivity contribution in [2.45, 2.75) is 57.5 Å². The van der Waals surface area contributed by atoms with Gasteiger partial charge in [-0.3, -0.25) is 0 Å². The van der Waals surface area contributed by atoms with Gasteiger partial charge in [0.25, 0.3) is 22.6 Å². The lowest BCUT2D eigenvalue weighted by Crippen LogP contribution is -2.68. The molecule has 0 radical (unpaired) electrons. The van der Waals surface area contributed by atoms with Gasteiger partial charge in [-0.05, 0) is 30.8 Å². The van der Waals surface area contributed by atoms with E-state index in [0.29, 0.717) is 0 Å². The van der Waals surface area contributed by atoms with Crippen molar-refractivity contribution in [2.75, 3.05) is 13.2 Å². The number of alkyl halides is 2. The summed E-state index contributed by atoms with van der Waals surface area (Å²) in [5.74, 6) is -3.21. The standard InChI is InChI=1S/C35H42F2O2Si2/c1-33(2,3)40(29-19-11-7-12-20-29,30-21-13-8-14-22-30)38-27-35(36,37)28-39-41(34(4,5)6,31-23-15-9-16-24-31)32-25-17-10-18-26-32/h7-26H,27-28H2,1-6H3. The topological polar surface area (TPSA) is 18.5 Å².